The molecule has 1 aromatic carbocycles. The Morgan fingerprint density at radius 1 is 1.24 bits per heavy atom. The summed E-state index contributed by atoms with van der Waals surface area (Å²) in [6.45, 7) is 2.19. The van der Waals surface area contributed by atoms with Crippen LogP contribution in [0.1, 0.15) is 30.9 Å². The molecule has 29 heavy (non-hydrogen) atoms. The Morgan fingerprint density at radius 3 is 2.62 bits per heavy atom. The highest BCUT2D eigenvalue weighted by Crippen LogP contribution is 2.37. The molecule has 0 aliphatic carbocycles. The molecule has 156 valence electrons. The van der Waals surface area contributed by atoms with Gasteiger partial charge in [-0.15, -0.1) is 0 Å². The fourth-order valence-electron chi connectivity index (χ4n) is 3.12. The van der Waals surface area contributed by atoms with E-state index in [-0.39, 0.29) is 41.0 Å². The maximum Gasteiger partial charge on any atom is 0.417 e. The van der Waals surface area contributed by atoms with E-state index in [1.54, 1.807) is 0 Å². The first-order valence-corrected chi connectivity index (χ1v) is 9.97. The van der Waals surface area contributed by atoms with Crippen LogP contribution in [-0.2, 0) is 17.4 Å². The van der Waals surface area contributed by atoms with Gasteiger partial charge in [0.1, 0.15) is 11.3 Å². The van der Waals surface area contributed by atoms with Crippen LogP contribution in [0.5, 0.6) is 5.75 Å². The van der Waals surface area contributed by atoms with E-state index in [2.05, 4.69) is 0 Å². The zero-order valence-corrected chi connectivity index (χ0v) is 16.3. The topological polar surface area (TPSA) is 76.8 Å². The van der Waals surface area contributed by atoms with Crippen molar-refractivity contribution in [3.8, 4) is 5.75 Å². The molecule has 10 heteroatoms. The monoisotopic (exact) mass is 429 g/mol. The Balaban J connectivity index is 1.84. The minimum absolute atomic E-state index is 0.131. The zero-order chi connectivity index (χ0) is 21.2. The Labute approximate surface area is 168 Å². The molecule has 0 bridgehead atoms. The second-order valence-electron chi connectivity index (χ2n) is 6.45. The second kappa shape index (κ2) is 8.48. The standard InChI is InChI=1S/C19H18F3NO5S/c1-2-4-12-14(27-8-3-7-23-15(24)10-29-18(23)26)6-5-11-13(19(20,21)22)9-16(25)28-17(11)12/h5-6,9H,2-4,7-8,10H2,1H3. The molecule has 1 fully saturated rings. The molecular weight excluding hydrogens is 411 g/mol. The summed E-state index contributed by atoms with van der Waals surface area (Å²) in [5, 5.41) is -0.494. The third kappa shape index (κ3) is 4.58. The van der Waals surface area contributed by atoms with Crippen molar-refractivity contribution < 1.29 is 31.9 Å². The van der Waals surface area contributed by atoms with Crippen LogP contribution < -0.4 is 10.4 Å². The van der Waals surface area contributed by atoms with Gasteiger partial charge in [0.2, 0.25) is 5.91 Å². The number of rotatable bonds is 7. The minimum Gasteiger partial charge on any atom is -0.493 e. The third-order valence-corrected chi connectivity index (χ3v) is 5.26. The summed E-state index contributed by atoms with van der Waals surface area (Å²) in [5.74, 6) is 0.195. The number of imide groups is 1. The maximum atomic E-state index is 13.3. The molecule has 6 nitrogen and oxygen atoms in total. The predicted molar refractivity (Wildman–Crippen MR) is 101 cm³/mol. The summed E-state index contributed by atoms with van der Waals surface area (Å²) >= 11 is 0.946. The Kier molecular flexibility index (Phi) is 6.21. The first kappa shape index (κ1) is 21.2. The van der Waals surface area contributed by atoms with Gasteiger partial charge in [-0.05, 0) is 25.0 Å². The predicted octanol–water partition coefficient (Wildman–Crippen LogP) is 4.23. The summed E-state index contributed by atoms with van der Waals surface area (Å²) in [7, 11) is 0. The molecule has 0 N–H and O–H groups in total. The van der Waals surface area contributed by atoms with E-state index in [0.717, 1.165) is 16.7 Å². The van der Waals surface area contributed by atoms with Crippen LogP contribution in [-0.4, -0.2) is 35.0 Å². The number of aryl methyl sites for hydroxylation is 1. The molecule has 0 radical (unpaired) electrons. The normalized spacial score (nSPS) is 14.8. The molecule has 2 amide bonds. The highest BCUT2D eigenvalue weighted by molar-refractivity contribution is 8.14. The van der Waals surface area contributed by atoms with Gasteiger partial charge >= 0.3 is 11.8 Å². The lowest BCUT2D eigenvalue weighted by Crippen LogP contribution is -2.30. The number of benzene rings is 1. The van der Waals surface area contributed by atoms with Gasteiger partial charge < -0.3 is 9.15 Å². The molecule has 2 aromatic rings. The second-order valence-corrected chi connectivity index (χ2v) is 7.37. The quantitative estimate of drug-likeness (QED) is 0.484. The summed E-state index contributed by atoms with van der Waals surface area (Å²) < 4.78 is 50.7. The van der Waals surface area contributed by atoms with Crippen LogP contribution in [0.4, 0.5) is 18.0 Å². The third-order valence-electron chi connectivity index (χ3n) is 4.40. The fourth-order valence-corrected chi connectivity index (χ4v) is 3.87. The van der Waals surface area contributed by atoms with Gasteiger partial charge in [-0.2, -0.15) is 13.2 Å². The zero-order valence-electron chi connectivity index (χ0n) is 15.5. The van der Waals surface area contributed by atoms with Crippen molar-refractivity contribution in [2.24, 2.45) is 0 Å². The molecule has 1 saturated heterocycles. The molecule has 0 atom stereocenters. The molecule has 1 aliphatic heterocycles. The van der Waals surface area contributed by atoms with Gasteiger partial charge in [-0.1, -0.05) is 25.1 Å². The van der Waals surface area contributed by atoms with Gasteiger partial charge in [0.05, 0.1) is 17.9 Å². The van der Waals surface area contributed by atoms with Crippen molar-refractivity contribution in [3.63, 3.8) is 0 Å². The first-order chi connectivity index (χ1) is 13.7. The first-order valence-electron chi connectivity index (χ1n) is 8.99. The molecule has 0 saturated carbocycles. The number of alkyl halides is 3. The number of carbonyl (C=O) groups is 2. The van der Waals surface area contributed by atoms with E-state index in [1.165, 1.54) is 12.1 Å². The molecule has 1 aliphatic rings. The fraction of sp³-hybridized carbons (Fsp3) is 0.421. The van der Waals surface area contributed by atoms with Crippen molar-refractivity contribution >= 4 is 33.9 Å². The number of carbonyl (C=O) groups excluding carboxylic acids is 2. The van der Waals surface area contributed by atoms with Crippen molar-refractivity contribution in [3.05, 3.63) is 39.7 Å². The van der Waals surface area contributed by atoms with Gasteiger partial charge in [0, 0.05) is 23.6 Å². The van der Waals surface area contributed by atoms with Crippen molar-refractivity contribution in [1.29, 1.82) is 0 Å². The SMILES string of the molecule is CCCc1c(OCCCN2C(=O)CSC2=O)ccc2c(C(F)(F)F)cc(=O)oc12. The van der Waals surface area contributed by atoms with E-state index in [9.17, 15) is 27.6 Å². The van der Waals surface area contributed by atoms with Gasteiger partial charge in [-0.3, -0.25) is 14.5 Å². The van der Waals surface area contributed by atoms with E-state index in [1.807, 2.05) is 6.92 Å². The number of hydrogen-bond acceptors (Lipinski definition) is 6. The van der Waals surface area contributed by atoms with Gasteiger partial charge in [0.15, 0.2) is 0 Å². The number of halogens is 3. The largest absolute Gasteiger partial charge is 0.493 e. The summed E-state index contributed by atoms with van der Waals surface area (Å²) in [6.07, 6.45) is -3.36. The van der Waals surface area contributed by atoms with Crippen LogP contribution in [0.15, 0.2) is 27.4 Å². The average Bonchev–Trinajstić information content (AvgIpc) is 2.97. The molecule has 0 unspecified atom stereocenters. The van der Waals surface area contributed by atoms with E-state index in [4.69, 9.17) is 9.15 Å². The van der Waals surface area contributed by atoms with Crippen molar-refractivity contribution in [1.82, 2.24) is 4.90 Å². The molecule has 3 rings (SSSR count). The van der Waals surface area contributed by atoms with Gasteiger partial charge in [-0.25, -0.2) is 4.79 Å². The summed E-state index contributed by atoms with van der Waals surface area (Å²) in [5.41, 5.74) is -1.87. The Morgan fingerprint density at radius 2 is 2.00 bits per heavy atom. The number of nitrogens with zero attached hydrogens (tertiary/aromatic N) is 1. The number of fused-ring (bicyclic) bond motifs is 1. The van der Waals surface area contributed by atoms with E-state index >= 15 is 0 Å². The average molecular weight is 429 g/mol. The van der Waals surface area contributed by atoms with Crippen LogP contribution in [0.2, 0.25) is 0 Å². The van der Waals surface area contributed by atoms with E-state index in [0.29, 0.717) is 36.6 Å². The highest BCUT2D eigenvalue weighted by atomic mass is 32.2. The highest BCUT2D eigenvalue weighted by Gasteiger charge is 2.34. The number of hydrogen-bond donors (Lipinski definition) is 0. The van der Waals surface area contributed by atoms with Crippen molar-refractivity contribution in [2.75, 3.05) is 18.9 Å². The lowest BCUT2D eigenvalue weighted by Gasteiger charge is -2.16. The van der Waals surface area contributed by atoms with Crippen LogP contribution in [0, 0.1) is 0 Å². The number of thioether (sulfide) groups is 1. The Hall–Kier alpha value is -2.49. The summed E-state index contributed by atoms with van der Waals surface area (Å²) in [6, 6.07) is 3.09. The number of amides is 2. The lowest BCUT2D eigenvalue weighted by atomic mass is 10.0. The molecule has 1 aromatic heterocycles. The lowest BCUT2D eigenvalue weighted by molar-refractivity contribution is -0.136. The van der Waals surface area contributed by atoms with Gasteiger partial charge in [0.25, 0.3) is 5.24 Å². The Bertz CT molecular complexity index is 986. The van der Waals surface area contributed by atoms with E-state index < -0.39 is 17.4 Å². The molecule has 2 heterocycles. The minimum atomic E-state index is -4.69. The number of ether oxygens (including phenoxy) is 1. The van der Waals surface area contributed by atoms with Crippen molar-refractivity contribution in [2.45, 2.75) is 32.4 Å². The molecular formula is C19H18F3NO5S. The molecule has 0 spiro atoms. The maximum absolute atomic E-state index is 13.3. The van der Waals surface area contributed by atoms with Crippen LogP contribution >= 0.6 is 11.8 Å². The summed E-state index contributed by atoms with van der Waals surface area (Å²) in [4.78, 5) is 36.0. The smallest absolute Gasteiger partial charge is 0.417 e. The van der Waals surface area contributed by atoms with Crippen LogP contribution in [0.3, 0.4) is 0 Å². The van der Waals surface area contributed by atoms with Crippen LogP contribution in [0.25, 0.3) is 11.0 Å².